The minimum Gasteiger partial charge on any atom is -0.386 e. The second-order valence-electron chi connectivity index (χ2n) is 10.3. The van der Waals surface area contributed by atoms with Crippen LogP contribution in [0.5, 0.6) is 0 Å². The zero-order chi connectivity index (χ0) is 31.8. The normalized spacial score (nSPS) is 37.6. The molecule has 7 heterocycles. The van der Waals surface area contributed by atoms with Crippen molar-refractivity contribution in [2.75, 3.05) is 18.9 Å². The van der Waals surface area contributed by atoms with E-state index in [1.54, 1.807) is 0 Å². The van der Waals surface area contributed by atoms with Crippen LogP contribution in [0.3, 0.4) is 0 Å². The van der Waals surface area contributed by atoms with Gasteiger partial charge in [-0.1, -0.05) is 0 Å². The maximum absolute atomic E-state index is 13.3. The highest BCUT2D eigenvalue weighted by Crippen LogP contribution is 2.53. The third-order valence-corrected chi connectivity index (χ3v) is 10.0. The Kier molecular flexibility index (Phi) is 7.65. The first kappa shape index (κ1) is 30.8. The fourth-order valence-corrected chi connectivity index (χ4v) is 7.87. The number of nitrogens with zero attached hydrogens (tertiary/aromatic N) is 6. The lowest BCUT2D eigenvalue weighted by Crippen LogP contribution is -2.39. The molecule has 234 valence electrons. The minimum atomic E-state index is -4.49. The van der Waals surface area contributed by atoms with E-state index < -0.39 is 87.3 Å². The van der Waals surface area contributed by atoms with Crippen LogP contribution in [0, 0.1) is 0 Å². The van der Waals surface area contributed by atoms with Gasteiger partial charge in [-0.15, -0.1) is 0 Å². The van der Waals surface area contributed by atoms with Crippen LogP contribution < -0.4 is 16.9 Å². The van der Waals surface area contributed by atoms with Crippen molar-refractivity contribution in [3.05, 3.63) is 39.7 Å². The summed E-state index contributed by atoms with van der Waals surface area (Å²) in [5.74, 6) is -0.211. The standard InChI is InChI=1S/C20H21B2N9O11P2S/c21-43(36)37-1-6-13(11(33)18(39-6)30-4-26-8-14(30)24-3-25-16(8)34)42-44(22,45)38-2-7-12(41-43)10(32)19(40-7)31-5-27-9-15(31)28-20(23)29-17(9)35/h3-7,10-13,18-19,32-33H,1-2H2,(H,24,25,34)(H3,23,28,29,35). The van der Waals surface area contributed by atoms with E-state index in [4.69, 9.17) is 60.2 Å². The van der Waals surface area contributed by atoms with E-state index in [0.29, 0.717) is 0 Å². The Morgan fingerprint density at radius 3 is 2.16 bits per heavy atom. The van der Waals surface area contributed by atoms with Gasteiger partial charge in [-0.25, -0.2) is 15.0 Å². The highest BCUT2D eigenvalue weighted by atomic mass is 32.4. The fourth-order valence-electron chi connectivity index (χ4n) is 5.36. The molecule has 3 saturated heterocycles. The fraction of sp³-hybridized carbons (Fsp3) is 0.500. The van der Waals surface area contributed by atoms with Crippen LogP contribution in [-0.4, -0.2) is 114 Å². The third kappa shape index (κ3) is 5.51. The van der Waals surface area contributed by atoms with Crippen molar-refractivity contribution in [1.82, 2.24) is 39.0 Å². The molecule has 0 amide bonds. The monoisotopic (exact) mass is 679 g/mol. The Balaban J connectivity index is 1.17. The van der Waals surface area contributed by atoms with Gasteiger partial charge in [0.25, 0.3) is 18.6 Å². The van der Waals surface area contributed by atoms with Crippen LogP contribution in [0.4, 0.5) is 5.95 Å². The lowest BCUT2D eigenvalue weighted by molar-refractivity contribution is -0.0547. The molecule has 0 spiro atoms. The summed E-state index contributed by atoms with van der Waals surface area (Å²) < 4.78 is 50.4. The Labute approximate surface area is 258 Å². The van der Waals surface area contributed by atoms with Gasteiger partial charge in [0.05, 0.1) is 32.2 Å². The number of hydrogen-bond donors (Lipinski definition) is 5. The molecule has 20 nitrogen and oxygen atoms in total. The number of ether oxygens (including phenoxy) is 2. The number of hydrogen-bond acceptors (Lipinski definition) is 17. The highest BCUT2D eigenvalue weighted by molar-refractivity contribution is 8.21. The summed E-state index contributed by atoms with van der Waals surface area (Å²) in [6.07, 6.45) is -10.9. The van der Waals surface area contributed by atoms with Crippen LogP contribution in [0.25, 0.3) is 22.3 Å². The molecule has 3 aliphatic rings. The van der Waals surface area contributed by atoms with Crippen molar-refractivity contribution in [3.63, 3.8) is 0 Å². The van der Waals surface area contributed by atoms with Gasteiger partial charge in [-0.2, -0.15) is 4.98 Å². The predicted octanol–water partition coefficient (Wildman–Crippen LogP) is -2.16. The number of rotatable bonds is 2. The van der Waals surface area contributed by atoms with Crippen molar-refractivity contribution in [2.24, 2.45) is 0 Å². The van der Waals surface area contributed by atoms with Crippen molar-refractivity contribution >= 4 is 69.1 Å². The van der Waals surface area contributed by atoms with Gasteiger partial charge >= 0.3 is 0 Å². The van der Waals surface area contributed by atoms with Gasteiger partial charge in [0.2, 0.25) is 13.5 Å². The number of imidazole rings is 2. The molecule has 25 heteroatoms. The molecule has 0 aliphatic carbocycles. The summed E-state index contributed by atoms with van der Waals surface area (Å²) in [6.45, 7) is -1.04. The van der Waals surface area contributed by atoms with E-state index >= 15 is 0 Å². The molecule has 6 N–H and O–H groups in total. The zero-order valence-corrected chi connectivity index (χ0v) is 25.2. The van der Waals surface area contributed by atoms with Crippen LogP contribution in [0.2, 0.25) is 0 Å². The van der Waals surface area contributed by atoms with Crippen molar-refractivity contribution in [3.8, 4) is 0 Å². The smallest absolute Gasteiger partial charge is 0.280 e. The number of aliphatic hydroxyl groups excluding tert-OH is 2. The predicted molar refractivity (Wildman–Crippen MR) is 156 cm³/mol. The van der Waals surface area contributed by atoms with E-state index in [1.165, 1.54) is 21.8 Å². The van der Waals surface area contributed by atoms with Gasteiger partial charge in [0.15, 0.2) is 42.3 Å². The number of fused-ring (bicyclic) bond motifs is 4. The van der Waals surface area contributed by atoms with Crippen LogP contribution in [0.15, 0.2) is 28.6 Å². The number of aromatic amines is 2. The van der Waals surface area contributed by atoms with Crippen LogP contribution >= 0.6 is 13.8 Å². The van der Waals surface area contributed by atoms with Crippen LogP contribution in [-0.2, 0) is 43.9 Å². The van der Waals surface area contributed by atoms with Gasteiger partial charge in [0.1, 0.15) is 43.0 Å². The molecule has 3 fully saturated rings. The summed E-state index contributed by atoms with van der Waals surface area (Å²) in [5, 5.41) is 22.5. The first-order valence-electron chi connectivity index (χ1n) is 13.0. The Morgan fingerprint density at radius 1 is 0.911 bits per heavy atom. The average molecular weight is 679 g/mol. The summed E-state index contributed by atoms with van der Waals surface area (Å²) in [7, 11) is 7.66. The largest absolute Gasteiger partial charge is 0.386 e. The second kappa shape index (κ2) is 11.2. The molecule has 10 atom stereocenters. The van der Waals surface area contributed by atoms with Crippen molar-refractivity contribution in [2.45, 2.75) is 49.1 Å². The molecule has 4 radical (unpaired) electrons. The third-order valence-electron chi connectivity index (χ3n) is 7.36. The maximum atomic E-state index is 13.3. The topological polar surface area (TPSA) is 266 Å². The number of nitrogen functional groups attached to an aromatic ring is 1. The number of aromatic nitrogens is 8. The van der Waals surface area contributed by atoms with Gasteiger partial charge in [0, 0.05) is 0 Å². The maximum Gasteiger partial charge on any atom is 0.280 e. The first-order chi connectivity index (χ1) is 21.3. The number of nitrogens with one attached hydrogen (secondary N) is 2. The highest BCUT2D eigenvalue weighted by Gasteiger charge is 2.52. The Morgan fingerprint density at radius 2 is 1.49 bits per heavy atom. The SMILES string of the molecule is [B]P1(=O)OCC2OC(n3cnc4c(=O)[nH]cnc43)C(O)C2OP([B])(=S)OCC2OC(n3cnc4c(=O)[nH]c(N)nc43)C(O)C2O1. The van der Waals surface area contributed by atoms with E-state index in [1.807, 2.05) is 0 Å². The lowest BCUT2D eigenvalue weighted by Gasteiger charge is -2.31. The summed E-state index contributed by atoms with van der Waals surface area (Å²) in [6, 6.07) is 0. The Hall–Kier alpha value is -2.81. The molecule has 7 rings (SSSR count). The molecule has 4 aromatic heterocycles. The van der Waals surface area contributed by atoms with E-state index in [0.717, 1.165) is 6.33 Å². The van der Waals surface area contributed by atoms with Crippen LogP contribution in [0.1, 0.15) is 12.5 Å². The number of anilines is 1. The number of H-pyrrole nitrogens is 2. The van der Waals surface area contributed by atoms with Gasteiger partial charge < -0.3 is 48.5 Å². The van der Waals surface area contributed by atoms with Gasteiger partial charge in [-0.05, 0) is 11.8 Å². The van der Waals surface area contributed by atoms with Crippen molar-refractivity contribution < 1.29 is 42.3 Å². The molecule has 4 aromatic rings. The molecule has 0 bridgehead atoms. The Bertz CT molecular complexity index is 2010. The molecule has 0 saturated carbocycles. The molecular formula is C20H21B2N9O11P2S. The minimum absolute atomic E-state index is 0.0124. The summed E-state index contributed by atoms with van der Waals surface area (Å²) in [5.41, 5.74) is 4.52. The van der Waals surface area contributed by atoms with Gasteiger partial charge in [-0.3, -0.25) is 28.3 Å². The average Bonchev–Trinajstić information content (AvgIpc) is 3.72. The zero-order valence-electron chi connectivity index (χ0n) is 22.6. The molecule has 45 heavy (non-hydrogen) atoms. The summed E-state index contributed by atoms with van der Waals surface area (Å²) >= 11 is 5.41. The number of nitrogens with two attached hydrogens (primary N) is 1. The van der Waals surface area contributed by atoms with E-state index in [2.05, 4.69) is 29.9 Å². The molecular weight excluding hydrogens is 658 g/mol. The summed E-state index contributed by atoms with van der Waals surface area (Å²) in [4.78, 5) is 45.3. The van der Waals surface area contributed by atoms with E-state index in [-0.39, 0.29) is 28.3 Å². The molecule has 0 aromatic carbocycles. The molecule has 3 aliphatic heterocycles. The second-order valence-corrected chi connectivity index (χ2v) is 14.9. The first-order valence-corrected chi connectivity index (χ1v) is 17.4. The quantitative estimate of drug-likeness (QED) is 0.112. The lowest BCUT2D eigenvalue weighted by atomic mass is 10.1. The molecule has 10 unspecified atom stereocenters. The van der Waals surface area contributed by atoms with E-state index in [9.17, 15) is 24.4 Å². The number of aliphatic hydroxyl groups is 2. The van der Waals surface area contributed by atoms with Crippen molar-refractivity contribution in [1.29, 1.82) is 0 Å².